The normalized spacial score (nSPS) is 10.9. The van der Waals surface area contributed by atoms with E-state index in [1.54, 1.807) is 6.07 Å². The van der Waals surface area contributed by atoms with Crippen molar-refractivity contribution in [2.45, 2.75) is 20.3 Å². The number of carbonyl (C=O) groups excluding carboxylic acids is 1. The van der Waals surface area contributed by atoms with Gasteiger partial charge in [0.25, 0.3) is 5.91 Å². The van der Waals surface area contributed by atoms with Crippen LogP contribution in [-0.2, 0) is 6.42 Å². The van der Waals surface area contributed by atoms with E-state index in [1.807, 2.05) is 43.3 Å². The van der Waals surface area contributed by atoms with E-state index in [4.69, 9.17) is 16.0 Å². The van der Waals surface area contributed by atoms with E-state index >= 15 is 0 Å². The van der Waals surface area contributed by atoms with Crippen LogP contribution in [0.4, 0.5) is 5.69 Å². The van der Waals surface area contributed by atoms with Gasteiger partial charge in [-0.1, -0.05) is 42.8 Å². The van der Waals surface area contributed by atoms with Crippen LogP contribution in [0.15, 0.2) is 46.9 Å². The predicted octanol–water partition coefficient (Wildman–Crippen LogP) is 5.21. The van der Waals surface area contributed by atoms with Crippen molar-refractivity contribution in [2.75, 3.05) is 5.32 Å². The summed E-state index contributed by atoms with van der Waals surface area (Å²) in [4.78, 5) is 12.5. The average molecular weight is 314 g/mol. The van der Waals surface area contributed by atoms with E-state index < -0.39 is 0 Å². The lowest BCUT2D eigenvalue weighted by Crippen LogP contribution is -2.12. The molecule has 0 saturated carbocycles. The molecule has 0 saturated heterocycles. The highest BCUT2D eigenvalue weighted by Gasteiger charge is 2.19. The second-order valence-electron chi connectivity index (χ2n) is 5.18. The van der Waals surface area contributed by atoms with Crippen molar-refractivity contribution in [2.24, 2.45) is 0 Å². The number of nitrogens with one attached hydrogen (secondary N) is 1. The maximum Gasteiger partial charge on any atom is 0.291 e. The number of rotatable bonds is 3. The number of aryl methyl sites for hydroxylation is 2. The minimum Gasteiger partial charge on any atom is -0.449 e. The zero-order chi connectivity index (χ0) is 15.7. The van der Waals surface area contributed by atoms with Crippen molar-refractivity contribution in [1.82, 2.24) is 0 Å². The number of carbonyl (C=O) groups is 1. The molecule has 3 rings (SSSR count). The fourth-order valence-corrected chi connectivity index (χ4v) is 2.70. The maximum atomic E-state index is 12.5. The molecule has 112 valence electrons. The van der Waals surface area contributed by atoms with E-state index in [9.17, 15) is 4.79 Å². The first kappa shape index (κ1) is 14.7. The third-order valence-electron chi connectivity index (χ3n) is 3.72. The van der Waals surface area contributed by atoms with Crippen molar-refractivity contribution in [3.05, 3.63) is 64.4 Å². The number of anilines is 1. The van der Waals surface area contributed by atoms with Crippen LogP contribution in [0, 0.1) is 6.92 Å². The molecule has 0 atom stereocenters. The van der Waals surface area contributed by atoms with E-state index in [-0.39, 0.29) is 5.91 Å². The maximum absolute atomic E-state index is 12.5. The first-order valence-electron chi connectivity index (χ1n) is 7.18. The van der Waals surface area contributed by atoms with Crippen LogP contribution in [0.2, 0.25) is 5.02 Å². The van der Waals surface area contributed by atoms with E-state index in [0.29, 0.717) is 16.4 Å². The summed E-state index contributed by atoms with van der Waals surface area (Å²) >= 11 is 6.12. The Morgan fingerprint density at radius 1 is 1.23 bits per heavy atom. The summed E-state index contributed by atoms with van der Waals surface area (Å²) in [6.07, 6.45) is 0.920. The van der Waals surface area contributed by atoms with Gasteiger partial charge in [-0.15, -0.1) is 0 Å². The van der Waals surface area contributed by atoms with Gasteiger partial charge in [0.1, 0.15) is 0 Å². The zero-order valence-electron chi connectivity index (χ0n) is 12.4. The second-order valence-corrected chi connectivity index (χ2v) is 5.59. The number of fused-ring (bicyclic) bond motifs is 1. The number of benzene rings is 2. The van der Waals surface area contributed by atoms with Crippen LogP contribution in [-0.4, -0.2) is 5.91 Å². The molecule has 0 aliphatic heterocycles. The van der Waals surface area contributed by atoms with Crippen molar-refractivity contribution in [3.63, 3.8) is 0 Å². The zero-order valence-corrected chi connectivity index (χ0v) is 13.2. The molecule has 22 heavy (non-hydrogen) atoms. The van der Waals surface area contributed by atoms with E-state index in [0.717, 1.165) is 23.1 Å². The lowest BCUT2D eigenvalue weighted by Gasteiger charge is -2.05. The Bertz CT molecular complexity index is 851. The molecule has 2 aromatic carbocycles. The van der Waals surface area contributed by atoms with Gasteiger partial charge in [-0.2, -0.15) is 0 Å². The third-order valence-corrected chi connectivity index (χ3v) is 4.01. The highest BCUT2D eigenvalue weighted by atomic mass is 35.5. The number of para-hydroxylation sites is 1. The molecule has 0 aliphatic rings. The molecule has 1 heterocycles. The lowest BCUT2D eigenvalue weighted by molar-refractivity contribution is 0.0998. The van der Waals surface area contributed by atoms with Crippen molar-refractivity contribution >= 4 is 34.2 Å². The molecule has 3 nitrogen and oxygen atoms in total. The standard InChI is InChI=1S/C18H16ClNO2/c1-3-12-6-4-7-13(10-12)20-18(21)16-11(2)14-8-5-9-15(19)17(14)22-16/h4-10H,3H2,1-2H3,(H,20,21). The van der Waals surface area contributed by atoms with Crippen LogP contribution in [0.5, 0.6) is 0 Å². The highest BCUT2D eigenvalue weighted by Crippen LogP contribution is 2.31. The third kappa shape index (κ3) is 2.60. The summed E-state index contributed by atoms with van der Waals surface area (Å²) in [6, 6.07) is 13.3. The summed E-state index contributed by atoms with van der Waals surface area (Å²) < 4.78 is 5.68. The average Bonchev–Trinajstić information content (AvgIpc) is 2.86. The Morgan fingerprint density at radius 2 is 2.00 bits per heavy atom. The van der Waals surface area contributed by atoms with Crippen LogP contribution >= 0.6 is 11.6 Å². The first-order valence-corrected chi connectivity index (χ1v) is 7.56. The Balaban J connectivity index is 1.95. The molecule has 1 aromatic heterocycles. The van der Waals surface area contributed by atoms with Gasteiger partial charge in [-0.3, -0.25) is 4.79 Å². The number of amides is 1. The fourth-order valence-electron chi connectivity index (χ4n) is 2.48. The predicted molar refractivity (Wildman–Crippen MR) is 89.7 cm³/mol. The molecular formula is C18H16ClNO2. The van der Waals surface area contributed by atoms with Gasteiger partial charge in [0.05, 0.1) is 5.02 Å². The lowest BCUT2D eigenvalue weighted by atomic mass is 10.1. The molecule has 1 N–H and O–H groups in total. The molecule has 0 aliphatic carbocycles. The molecule has 4 heteroatoms. The quantitative estimate of drug-likeness (QED) is 0.721. The molecule has 0 unspecified atom stereocenters. The van der Waals surface area contributed by atoms with Crippen LogP contribution in [0.25, 0.3) is 11.0 Å². The summed E-state index contributed by atoms with van der Waals surface area (Å²) in [7, 11) is 0. The first-order chi connectivity index (χ1) is 10.6. The van der Waals surface area contributed by atoms with Crippen LogP contribution in [0.3, 0.4) is 0 Å². The largest absolute Gasteiger partial charge is 0.449 e. The van der Waals surface area contributed by atoms with Gasteiger partial charge >= 0.3 is 0 Å². The molecule has 0 bridgehead atoms. The molecule has 3 aromatic rings. The second kappa shape index (κ2) is 5.85. The minimum atomic E-state index is -0.266. The van der Waals surface area contributed by atoms with Gasteiger partial charge in [0, 0.05) is 16.6 Å². The highest BCUT2D eigenvalue weighted by molar-refractivity contribution is 6.35. The molecule has 0 spiro atoms. The van der Waals surface area contributed by atoms with Crippen molar-refractivity contribution in [1.29, 1.82) is 0 Å². The monoisotopic (exact) mass is 313 g/mol. The number of halogens is 1. The minimum absolute atomic E-state index is 0.266. The molecule has 0 radical (unpaired) electrons. The van der Waals surface area contributed by atoms with E-state index in [1.165, 1.54) is 5.56 Å². The van der Waals surface area contributed by atoms with Crippen molar-refractivity contribution < 1.29 is 9.21 Å². The summed E-state index contributed by atoms with van der Waals surface area (Å²) in [5.41, 5.74) is 3.27. The van der Waals surface area contributed by atoms with Gasteiger partial charge in [0.15, 0.2) is 11.3 Å². The molecular weight excluding hydrogens is 298 g/mol. The Kier molecular flexibility index (Phi) is 3.90. The van der Waals surface area contributed by atoms with Crippen LogP contribution < -0.4 is 5.32 Å². The summed E-state index contributed by atoms with van der Waals surface area (Å²) in [5.74, 6) is 0.0306. The van der Waals surface area contributed by atoms with Gasteiger partial charge in [-0.25, -0.2) is 0 Å². The summed E-state index contributed by atoms with van der Waals surface area (Å²) in [6.45, 7) is 3.94. The van der Waals surface area contributed by atoms with Crippen LogP contribution in [0.1, 0.15) is 28.6 Å². The van der Waals surface area contributed by atoms with E-state index in [2.05, 4.69) is 12.2 Å². The van der Waals surface area contributed by atoms with Gasteiger partial charge in [0.2, 0.25) is 0 Å². The topological polar surface area (TPSA) is 42.2 Å². The Hall–Kier alpha value is -2.26. The molecule has 1 amide bonds. The van der Waals surface area contributed by atoms with Gasteiger partial charge in [-0.05, 0) is 37.1 Å². The smallest absolute Gasteiger partial charge is 0.291 e. The number of hydrogen-bond acceptors (Lipinski definition) is 2. The Morgan fingerprint density at radius 3 is 2.73 bits per heavy atom. The molecule has 0 fully saturated rings. The fraction of sp³-hybridized carbons (Fsp3) is 0.167. The number of hydrogen-bond donors (Lipinski definition) is 1. The summed E-state index contributed by atoms with van der Waals surface area (Å²) in [5, 5.41) is 4.25. The van der Waals surface area contributed by atoms with Crippen molar-refractivity contribution in [3.8, 4) is 0 Å². The Labute approximate surface area is 133 Å². The number of furan rings is 1. The van der Waals surface area contributed by atoms with Gasteiger partial charge < -0.3 is 9.73 Å². The SMILES string of the molecule is CCc1cccc(NC(=O)c2oc3c(Cl)cccc3c2C)c1.